The Bertz CT molecular complexity index is 931. The van der Waals surface area contributed by atoms with E-state index in [0.29, 0.717) is 16.7 Å². The maximum absolute atomic E-state index is 6.09. The highest BCUT2D eigenvalue weighted by molar-refractivity contribution is 7.98. The molecule has 8 heteroatoms. The highest BCUT2D eigenvalue weighted by atomic mass is 32.2. The average Bonchev–Trinajstić information content (AvgIpc) is 3.35. The zero-order valence-corrected chi connectivity index (χ0v) is 14.1. The van der Waals surface area contributed by atoms with Gasteiger partial charge >= 0.3 is 0 Å². The third-order valence-electron chi connectivity index (χ3n) is 3.37. The number of nitrogens with two attached hydrogens (primary N) is 1. The topological polar surface area (TPSA) is 82.8 Å². The Morgan fingerprint density at radius 3 is 2.79 bits per heavy atom. The molecule has 0 aliphatic carbocycles. The Morgan fingerprint density at radius 1 is 1.12 bits per heavy atom. The first kappa shape index (κ1) is 15.0. The number of aromatic nitrogens is 4. The summed E-state index contributed by atoms with van der Waals surface area (Å²) in [6, 6.07) is 15.7. The number of nitrogen functional groups attached to an aromatic ring is 1. The van der Waals surface area contributed by atoms with Gasteiger partial charge in [0.2, 0.25) is 5.16 Å². The molecule has 120 valence electrons. The molecule has 4 rings (SSSR count). The van der Waals surface area contributed by atoms with E-state index < -0.39 is 0 Å². The quantitative estimate of drug-likeness (QED) is 0.434. The van der Waals surface area contributed by atoms with Gasteiger partial charge in [0, 0.05) is 17.4 Å². The molecular formula is C16H13N5OS2. The number of hydrogen-bond donors (Lipinski definition) is 1. The molecule has 0 aliphatic heterocycles. The first-order valence-corrected chi connectivity index (χ1v) is 9.06. The fraction of sp³-hybridized carbons (Fsp3) is 0.0625. The maximum Gasteiger partial charge on any atom is 0.210 e. The molecule has 3 aromatic heterocycles. The second-order valence-corrected chi connectivity index (χ2v) is 6.88. The van der Waals surface area contributed by atoms with Gasteiger partial charge in [-0.15, -0.1) is 21.5 Å². The van der Waals surface area contributed by atoms with Crippen molar-refractivity contribution >= 4 is 23.1 Å². The van der Waals surface area contributed by atoms with E-state index >= 15 is 0 Å². The largest absolute Gasteiger partial charge is 0.356 e. The highest BCUT2D eigenvalue weighted by Gasteiger charge is 2.14. The smallest absolute Gasteiger partial charge is 0.210 e. The van der Waals surface area contributed by atoms with Gasteiger partial charge in [0.1, 0.15) is 0 Å². The summed E-state index contributed by atoms with van der Waals surface area (Å²) < 4.78 is 6.91. The molecule has 0 aliphatic rings. The van der Waals surface area contributed by atoms with Gasteiger partial charge in [-0.1, -0.05) is 53.3 Å². The summed E-state index contributed by atoms with van der Waals surface area (Å²) in [5.74, 6) is 8.11. The first-order valence-electron chi connectivity index (χ1n) is 7.19. The van der Waals surface area contributed by atoms with Crippen LogP contribution in [-0.4, -0.2) is 20.0 Å². The van der Waals surface area contributed by atoms with E-state index in [9.17, 15) is 0 Å². The van der Waals surface area contributed by atoms with E-state index in [2.05, 4.69) is 15.4 Å². The van der Waals surface area contributed by atoms with Crippen LogP contribution in [0.2, 0.25) is 0 Å². The van der Waals surface area contributed by atoms with Crippen molar-refractivity contribution in [2.24, 2.45) is 0 Å². The summed E-state index contributed by atoms with van der Waals surface area (Å²) in [5, 5.41) is 15.0. The van der Waals surface area contributed by atoms with E-state index in [4.69, 9.17) is 10.4 Å². The van der Waals surface area contributed by atoms with E-state index in [1.165, 1.54) is 16.4 Å². The second kappa shape index (κ2) is 6.50. The summed E-state index contributed by atoms with van der Waals surface area (Å²) in [6.45, 7) is 0. The van der Waals surface area contributed by atoms with Crippen LogP contribution in [0.4, 0.5) is 0 Å². The van der Waals surface area contributed by atoms with Crippen molar-refractivity contribution < 1.29 is 4.52 Å². The predicted octanol–water partition coefficient (Wildman–Crippen LogP) is 3.67. The molecule has 24 heavy (non-hydrogen) atoms. The number of nitrogens with zero attached hydrogens (tertiary/aromatic N) is 4. The van der Waals surface area contributed by atoms with Crippen molar-refractivity contribution in [1.82, 2.24) is 20.0 Å². The monoisotopic (exact) mass is 355 g/mol. The molecule has 0 bridgehead atoms. The maximum atomic E-state index is 6.09. The SMILES string of the molecule is Nn1c(SCc2cc(-c3ccccc3)on2)nnc1-c1cccs1. The third-order valence-corrected chi connectivity index (χ3v) is 5.21. The van der Waals surface area contributed by atoms with Crippen molar-refractivity contribution in [3.8, 4) is 22.0 Å². The third kappa shape index (κ3) is 2.93. The van der Waals surface area contributed by atoms with Crippen LogP contribution in [0.5, 0.6) is 0 Å². The molecule has 0 atom stereocenters. The molecular weight excluding hydrogens is 342 g/mol. The first-order chi connectivity index (χ1) is 11.8. The molecule has 0 spiro atoms. The van der Waals surface area contributed by atoms with Crippen LogP contribution in [0.1, 0.15) is 5.69 Å². The second-order valence-electron chi connectivity index (χ2n) is 4.99. The minimum Gasteiger partial charge on any atom is -0.356 e. The van der Waals surface area contributed by atoms with E-state index in [-0.39, 0.29) is 0 Å². The lowest BCUT2D eigenvalue weighted by Crippen LogP contribution is -2.11. The minimum absolute atomic E-state index is 0.607. The highest BCUT2D eigenvalue weighted by Crippen LogP contribution is 2.28. The van der Waals surface area contributed by atoms with Gasteiger partial charge in [0.05, 0.1) is 10.6 Å². The van der Waals surface area contributed by atoms with Crippen LogP contribution in [0.3, 0.4) is 0 Å². The molecule has 3 heterocycles. The number of rotatable bonds is 5. The fourth-order valence-corrected chi connectivity index (χ4v) is 3.65. The Kier molecular flexibility index (Phi) is 4.06. The van der Waals surface area contributed by atoms with Gasteiger partial charge < -0.3 is 10.4 Å². The van der Waals surface area contributed by atoms with Crippen LogP contribution in [0, 0.1) is 0 Å². The number of thioether (sulfide) groups is 1. The van der Waals surface area contributed by atoms with E-state index in [1.807, 2.05) is 53.9 Å². The van der Waals surface area contributed by atoms with Crippen molar-refractivity contribution in [1.29, 1.82) is 0 Å². The fourth-order valence-electron chi connectivity index (χ4n) is 2.21. The van der Waals surface area contributed by atoms with Crippen molar-refractivity contribution in [3.63, 3.8) is 0 Å². The minimum atomic E-state index is 0.607. The van der Waals surface area contributed by atoms with Crippen molar-refractivity contribution in [3.05, 3.63) is 59.6 Å². The lowest BCUT2D eigenvalue weighted by molar-refractivity contribution is 0.426. The Morgan fingerprint density at radius 2 is 2.00 bits per heavy atom. The Balaban J connectivity index is 1.47. The standard InChI is InChI=1S/C16H13N5OS2/c17-21-15(14-7-4-8-23-14)18-19-16(21)24-10-12-9-13(22-20-12)11-5-2-1-3-6-11/h1-9H,10,17H2. The molecule has 4 aromatic rings. The van der Waals surface area contributed by atoms with Crippen LogP contribution in [-0.2, 0) is 5.75 Å². The number of hydrogen-bond acceptors (Lipinski definition) is 7. The Hall–Kier alpha value is -2.58. The normalized spacial score (nSPS) is 11.0. The summed E-state index contributed by atoms with van der Waals surface area (Å²) >= 11 is 3.05. The lowest BCUT2D eigenvalue weighted by Gasteiger charge is -2.00. The molecule has 0 amide bonds. The number of benzene rings is 1. The summed E-state index contributed by atoms with van der Waals surface area (Å²) in [6.07, 6.45) is 0. The molecule has 0 radical (unpaired) electrons. The van der Waals surface area contributed by atoms with Gasteiger partial charge in [-0.2, -0.15) is 0 Å². The Labute approximate surface area is 146 Å². The molecule has 0 saturated carbocycles. The van der Waals surface area contributed by atoms with E-state index in [1.54, 1.807) is 11.3 Å². The summed E-state index contributed by atoms with van der Waals surface area (Å²) in [4.78, 5) is 0.990. The predicted molar refractivity (Wildman–Crippen MR) is 95.0 cm³/mol. The molecule has 0 unspecified atom stereocenters. The van der Waals surface area contributed by atoms with Gasteiger partial charge in [0.15, 0.2) is 11.6 Å². The van der Waals surface area contributed by atoms with Crippen LogP contribution < -0.4 is 5.84 Å². The van der Waals surface area contributed by atoms with E-state index in [0.717, 1.165) is 21.9 Å². The molecule has 0 fully saturated rings. The van der Waals surface area contributed by atoms with Gasteiger partial charge in [-0.3, -0.25) is 0 Å². The van der Waals surface area contributed by atoms with Crippen molar-refractivity contribution in [2.75, 3.05) is 5.84 Å². The zero-order valence-electron chi connectivity index (χ0n) is 12.5. The molecule has 6 nitrogen and oxygen atoms in total. The summed E-state index contributed by atoms with van der Waals surface area (Å²) in [7, 11) is 0. The molecule has 0 saturated heterocycles. The van der Waals surface area contributed by atoms with Crippen molar-refractivity contribution in [2.45, 2.75) is 10.9 Å². The van der Waals surface area contributed by atoms with Crippen LogP contribution in [0.25, 0.3) is 22.0 Å². The van der Waals surface area contributed by atoms with Gasteiger partial charge in [-0.25, -0.2) is 4.68 Å². The van der Waals surface area contributed by atoms with Gasteiger partial charge in [-0.05, 0) is 11.4 Å². The van der Waals surface area contributed by atoms with Crippen LogP contribution in [0.15, 0.2) is 63.6 Å². The molecule has 2 N–H and O–H groups in total. The summed E-state index contributed by atoms with van der Waals surface area (Å²) in [5.41, 5.74) is 1.84. The van der Waals surface area contributed by atoms with Gasteiger partial charge in [0.25, 0.3) is 0 Å². The average molecular weight is 355 g/mol. The number of thiophene rings is 1. The van der Waals surface area contributed by atoms with Crippen LogP contribution >= 0.6 is 23.1 Å². The lowest BCUT2D eigenvalue weighted by atomic mass is 10.2. The zero-order chi connectivity index (χ0) is 16.4. The molecule has 1 aromatic carbocycles.